The largest absolute Gasteiger partial charge is 0.366 e. The minimum absolute atomic E-state index is 0.150. The van der Waals surface area contributed by atoms with Crippen LogP contribution in [0.2, 0.25) is 0 Å². The number of hydrogen-bond donors (Lipinski definition) is 1. The summed E-state index contributed by atoms with van der Waals surface area (Å²) in [7, 11) is 0. The smallest absolute Gasteiger partial charge is 0.251 e. The zero-order valence-corrected chi connectivity index (χ0v) is 11.2. The molecule has 2 N–H and O–H groups in total. The maximum Gasteiger partial charge on any atom is 0.251 e. The first-order valence-electron chi connectivity index (χ1n) is 6.52. The van der Waals surface area contributed by atoms with Crippen LogP contribution in [-0.4, -0.2) is 33.7 Å². The summed E-state index contributed by atoms with van der Waals surface area (Å²) in [5, 5.41) is 4.10. The van der Waals surface area contributed by atoms with Crippen LogP contribution in [0, 0.1) is 11.6 Å². The number of hydrogen-bond acceptors (Lipinski definition) is 3. The standard InChI is InChI=1S/C14H14F2N4O/c15-11-1-9(2-12(16)3-11)5-19-7-13(8-19)20-6-10(4-18-20)14(17)21/h1-4,6,13H,5,7-8H2,(H2,17,21). The van der Waals surface area contributed by atoms with Gasteiger partial charge in [-0.15, -0.1) is 0 Å². The van der Waals surface area contributed by atoms with Gasteiger partial charge in [-0.05, 0) is 17.7 Å². The van der Waals surface area contributed by atoms with Crippen molar-refractivity contribution in [3.8, 4) is 0 Å². The molecule has 5 nitrogen and oxygen atoms in total. The average molecular weight is 292 g/mol. The zero-order valence-electron chi connectivity index (χ0n) is 11.2. The summed E-state index contributed by atoms with van der Waals surface area (Å²) in [6.07, 6.45) is 3.05. The van der Waals surface area contributed by atoms with Gasteiger partial charge in [0.25, 0.3) is 5.91 Å². The van der Waals surface area contributed by atoms with Gasteiger partial charge in [0.2, 0.25) is 0 Å². The molecule has 1 aliphatic rings. The number of halogens is 2. The number of carbonyl (C=O) groups excluding carboxylic acids is 1. The van der Waals surface area contributed by atoms with E-state index in [0.29, 0.717) is 30.8 Å². The van der Waals surface area contributed by atoms with Gasteiger partial charge in [-0.2, -0.15) is 5.10 Å². The van der Waals surface area contributed by atoms with Crippen LogP contribution in [0.4, 0.5) is 8.78 Å². The maximum absolute atomic E-state index is 13.1. The Morgan fingerprint density at radius 2 is 1.95 bits per heavy atom. The van der Waals surface area contributed by atoms with E-state index in [0.717, 1.165) is 6.07 Å². The van der Waals surface area contributed by atoms with Gasteiger partial charge >= 0.3 is 0 Å². The molecule has 1 aliphatic heterocycles. The van der Waals surface area contributed by atoms with Crippen molar-refractivity contribution in [1.29, 1.82) is 0 Å². The molecule has 7 heteroatoms. The quantitative estimate of drug-likeness (QED) is 0.924. The zero-order chi connectivity index (χ0) is 15.0. The van der Waals surface area contributed by atoms with E-state index >= 15 is 0 Å². The predicted molar refractivity (Wildman–Crippen MR) is 71.4 cm³/mol. The Hall–Kier alpha value is -2.28. The van der Waals surface area contributed by atoms with E-state index in [1.165, 1.54) is 18.3 Å². The van der Waals surface area contributed by atoms with Gasteiger partial charge in [-0.3, -0.25) is 14.4 Å². The molecule has 0 unspecified atom stereocenters. The third-order valence-electron chi connectivity index (χ3n) is 3.53. The summed E-state index contributed by atoms with van der Waals surface area (Å²) in [5.74, 6) is -1.65. The molecule has 1 aromatic heterocycles. The van der Waals surface area contributed by atoms with E-state index in [9.17, 15) is 13.6 Å². The molecule has 2 aromatic rings. The predicted octanol–water partition coefficient (Wildman–Crippen LogP) is 1.32. The minimum Gasteiger partial charge on any atom is -0.366 e. The van der Waals surface area contributed by atoms with Crippen LogP contribution in [-0.2, 0) is 6.54 Å². The lowest BCUT2D eigenvalue weighted by molar-refractivity contribution is 0.0904. The summed E-state index contributed by atoms with van der Waals surface area (Å²) < 4.78 is 27.9. The highest BCUT2D eigenvalue weighted by molar-refractivity contribution is 5.92. The molecule has 0 radical (unpaired) electrons. The van der Waals surface area contributed by atoms with Crippen molar-refractivity contribution in [2.75, 3.05) is 13.1 Å². The van der Waals surface area contributed by atoms with Crippen LogP contribution in [0.15, 0.2) is 30.6 Å². The average Bonchev–Trinajstić information content (AvgIpc) is 2.81. The second kappa shape index (κ2) is 5.25. The van der Waals surface area contributed by atoms with Crippen LogP contribution >= 0.6 is 0 Å². The highest BCUT2D eigenvalue weighted by Crippen LogP contribution is 2.23. The fourth-order valence-electron chi connectivity index (χ4n) is 2.46. The van der Waals surface area contributed by atoms with Gasteiger partial charge < -0.3 is 5.73 Å². The third kappa shape index (κ3) is 2.92. The van der Waals surface area contributed by atoms with Crippen molar-refractivity contribution in [2.45, 2.75) is 12.6 Å². The van der Waals surface area contributed by atoms with Crippen molar-refractivity contribution in [3.05, 3.63) is 53.4 Å². The van der Waals surface area contributed by atoms with Crippen molar-refractivity contribution in [3.63, 3.8) is 0 Å². The normalized spacial score (nSPS) is 15.9. The molecule has 0 aliphatic carbocycles. The number of nitrogens with two attached hydrogens (primary N) is 1. The molecular formula is C14H14F2N4O. The highest BCUT2D eigenvalue weighted by atomic mass is 19.1. The molecule has 1 aromatic carbocycles. The number of carbonyl (C=O) groups is 1. The topological polar surface area (TPSA) is 64.2 Å². The molecule has 3 rings (SSSR count). The van der Waals surface area contributed by atoms with E-state index < -0.39 is 17.5 Å². The molecule has 0 atom stereocenters. The Labute approximate surface area is 120 Å². The Morgan fingerprint density at radius 1 is 1.29 bits per heavy atom. The Kier molecular flexibility index (Phi) is 3.42. The molecule has 110 valence electrons. The third-order valence-corrected chi connectivity index (χ3v) is 3.53. The molecular weight excluding hydrogens is 278 g/mol. The molecule has 0 saturated carbocycles. The molecule has 1 saturated heterocycles. The van der Waals surface area contributed by atoms with E-state index in [2.05, 4.69) is 5.10 Å². The number of likely N-dealkylation sites (tertiary alicyclic amines) is 1. The van der Waals surface area contributed by atoms with Crippen molar-refractivity contribution in [1.82, 2.24) is 14.7 Å². The molecule has 21 heavy (non-hydrogen) atoms. The van der Waals surface area contributed by atoms with Gasteiger partial charge in [-0.1, -0.05) is 0 Å². The fourth-order valence-corrected chi connectivity index (χ4v) is 2.46. The number of rotatable bonds is 4. The van der Waals surface area contributed by atoms with Crippen LogP contribution in [0.3, 0.4) is 0 Å². The van der Waals surface area contributed by atoms with Crippen LogP contribution < -0.4 is 5.73 Å². The molecule has 2 heterocycles. The lowest BCUT2D eigenvalue weighted by Crippen LogP contribution is -2.47. The second-order valence-corrected chi connectivity index (χ2v) is 5.20. The summed E-state index contributed by atoms with van der Waals surface area (Å²) in [5.41, 5.74) is 6.15. The number of primary amides is 1. The SMILES string of the molecule is NC(=O)c1cnn(C2CN(Cc3cc(F)cc(F)c3)C2)c1. The van der Waals surface area contributed by atoms with Crippen LogP contribution in [0.1, 0.15) is 22.0 Å². The summed E-state index contributed by atoms with van der Waals surface area (Å²) in [6, 6.07) is 3.67. The Morgan fingerprint density at radius 3 is 2.52 bits per heavy atom. The number of amides is 1. The summed E-state index contributed by atoms with van der Waals surface area (Å²) in [4.78, 5) is 13.0. The molecule has 0 bridgehead atoms. The minimum atomic E-state index is -0.569. The molecule has 1 amide bonds. The second-order valence-electron chi connectivity index (χ2n) is 5.20. The Balaban J connectivity index is 1.59. The monoisotopic (exact) mass is 292 g/mol. The number of aromatic nitrogens is 2. The van der Waals surface area contributed by atoms with Gasteiger partial charge in [-0.25, -0.2) is 8.78 Å². The van der Waals surface area contributed by atoms with Crippen molar-refractivity contribution < 1.29 is 13.6 Å². The summed E-state index contributed by atoms with van der Waals surface area (Å²) in [6.45, 7) is 1.89. The van der Waals surface area contributed by atoms with E-state index in [1.807, 2.05) is 4.90 Å². The first-order valence-corrected chi connectivity index (χ1v) is 6.52. The first kappa shape index (κ1) is 13.7. The fraction of sp³-hybridized carbons (Fsp3) is 0.286. The molecule has 0 spiro atoms. The van der Waals surface area contributed by atoms with Gasteiger partial charge in [0, 0.05) is 31.9 Å². The Bertz CT molecular complexity index is 659. The first-order chi connectivity index (χ1) is 10.0. The lowest BCUT2D eigenvalue weighted by atomic mass is 10.1. The van der Waals surface area contributed by atoms with Gasteiger partial charge in [0.15, 0.2) is 0 Å². The number of benzene rings is 1. The molecule has 1 fully saturated rings. The van der Waals surface area contributed by atoms with E-state index in [-0.39, 0.29) is 6.04 Å². The van der Waals surface area contributed by atoms with Gasteiger partial charge in [0.05, 0.1) is 17.8 Å². The number of nitrogens with zero attached hydrogens (tertiary/aromatic N) is 3. The van der Waals surface area contributed by atoms with E-state index in [1.54, 1.807) is 10.9 Å². The maximum atomic E-state index is 13.1. The van der Waals surface area contributed by atoms with Crippen molar-refractivity contribution in [2.24, 2.45) is 5.73 Å². The lowest BCUT2D eigenvalue weighted by Gasteiger charge is -2.39. The van der Waals surface area contributed by atoms with Crippen molar-refractivity contribution >= 4 is 5.91 Å². The van der Waals surface area contributed by atoms with Crippen LogP contribution in [0.25, 0.3) is 0 Å². The van der Waals surface area contributed by atoms with E-state index in [4.69, 9.17) is 5.73 Å². The van der Waals surface area contributed by atoms with Crippen LogP contribution in [0.5, 0.6) is 0 Å². The van der Waals surface area contributed by atoms with Gasteiger partial charge in [0.1, 0.15) is 11.6 Å². The summed E-state index contributed by atoms with van der Waals surface area (Å²) >= 11 is 0. The highest BCUT2D eigenvalue weighted by Gasteiger charge is 2.29.